The molecule has 4 atom stereocenters. The highest BCUT2D eigenvalue weighted by Gasteiger charge is 2.40. The van der Waals surface area contributed by atoms with Crippen LogP contribution in [0.1, 0.15) is 63.8 Å². The number of aliphatic hydroxyl groups is 1. The van der Waals surface area contributed by atoms with Crippen LogP contribution in [0.3, 0.4) is 0 Å². The Bertz CT molecular complexity index is 469. The standard InChI is InChI=1S/C16H26N2O2/c1-10(2)18-16(15(20-3)9-17-18)14(19)8-13-7-11-4-5-12(13)6-11/h9-14,19H,4-8H2,1-3H3. The first-order valence-corrected chi connectivity index (χ1v) is 7.89. The van der Waals surface area contributed by atoms with Crippen LogP contribution in [0, 0.1) is 17.8 Å². The second-order valence-corrected chi connectivity index (χ2v) is 6.82. The van der Waals surface area contributed by atoms with Crippen LogP contribution in [0.25, 0.3) is 0 Å². The molecule has 0 radical (unpaired) electrons. The summed E-state index contributed by atoms with van der Waals surface area (Å²) in [4.78, 5) is 0. The Morgan fingerprint density at radius 1 is 1.40 bits per heavy atom. The number of nitrogens with zero attached hydrogens (tertiary/aromatic N) is 2. The van der Waals surface area contributed by atoms with E-state index >= 15 is 0 Å². The Kier molecular flexibility index (Phi) is 3.76. The monoisotopic (exact) mass is 278 g/mol. The lowest BCUT2D eigenvalue weighted by Gasteiger charge is -2.25. The van der Waals surface area contributed by atoms with Gasteiger partial charge in [0.25, 0.3) is 0 Å². The van der Waals surface area contributed by atoms with Crippen LogP contribution >= 0.6 is 0 Å². The van der Waals surface area contributed by atoms with Gasteiger partial charge >= 0.3 is 0 Å². The van der Waals surface area contributed by atoms with Crippen molar-refractivity contribution in [1.82, 2.24) is 9.78 Å². The van der Waals surface area contributed by atoms with Crippen molar-refractivity contribution >= 4 is 0 Å². The maximum absolute atomic E-state index is 10.7. The maximum Gasteiger partial charge on any atom is 0.162 e. The summed E-state index contributed by atoms with van der Waals surface area (Å²) in [6, 6.07) is 0.239. The van der Waals surface area contributed by atoms with Crippen molar-refractivity contribution < 1.29 is 9.84 Å². The number of hydrogen-bond acceptors (Lipinski definition) is 3. The van der Waals surface area contributed by atoms with E-state index in [0.717, 1.165) is 24.0 Å². The zero-order valence-corrected chi connectivity index (χ0v) is 12.7. The van der Waals surface area contributed by atoms with Gasteiger partial charge in [-0.15, -0.1) is 0 Å². The largest absolute Gasteiger partial charge is 0.493 e. The molecule has 1 aromatic heterocycles. The summed E-state index contributed by atoms with van der Waals surface area (Å²) < 4.78 is 7.28. The van der Waals surface area contributed by atoms with E-state index < -0.39 is 6.10 Å². The lowest BCUT2D eigenvalue weighted by Crippen LogP contribution is -2.18. The van der Waals surface area contributed by atoms with Gasteiger partial charge in [-0.1, -0.05) is 6.42 Å². The van der Waals surface area contributed by atoms with Crippen LogP contribution in [0.15, 0.2) is 6.20 Å². The minimum atomic E-state index is -0.459. The highest BCUT2D eigenvalue weighted by Crippen LogP contribution is 2.51. The molecule has 2 fully saturated rings. The van der Waals surface area contributed by atoms with E-state index in [0.29, 0.717) is 11.7 Å². The van der Waals surface area contributed by atoms with Crippen LogP contribution in [0.4, 0.5) is 0 Å². The molecule has 0 saturated heterocycles. The fraction of sp³-hybridized carbons (Fsp3) is 0.812. The van der Waals surface area contributed by atoms with E-state index in [9.17, 15) is 5.11 Å². The summed E-state index contributed by atoms with van der Waals surface area (Å²) in [6.45, 7) is 4.17. The number of aromatic nitrogens is 2. The van der Waals surface area contributed by atoms with Crippen LogP contribution in [0.2, 0.25) is 0 Å². The van der Waals surface area contributed by atoms with Crippen LogP contribution in [-0.4, -0.2) is 22.0 Å². The highest BCUT2D eigenvalue weighted by atomic mass is 16.5. The number of rotatable bonds is 5. The summed E-state index contributed by atoms with van der Waals surface area (Å²) in [5.74, 6) is 3.17. The zero-order valence-electron chi connectivity index (χ0n) is 12.7. The van der Waals surface area contributed by atoms with Gasteiger partial charge in [0.15, 0.2) is 5.75 Å². The summed E-state index contributed by atoms with van der Waals surface area (Å²) in [5, 5.41) is 15.1. The number of methoxy groups -OCH3 is 1. The topological polar surface area (TPSA) is 47.3 Å². The molecule has 4 unspecified atom stereocenters. The summed E-state index contributed by atoms with van der Waals surface area (Å²) in [6.07, 6.45) is 7.58. The van der Waals surface area contributed by atoms with Gasteiger partial charge in [0.05, 0.1) is 19.4 Å². The quantitative estimate of drug-likeness (QED) is 0.898. The molecular weight excluding hydrogens is 252 g/mol. The first-order chi connectivity index (χ1) is 9.60. The fourth-order valence-corrected chi connectivity index (χ4v) is 4.31. The van der Waals surface area contributed by atoms with Gasteiger partial charge in [0.2, 0.25) is 0 Å². The third-order valence-electron chi connectivity index (χ3n) is 5.23. The molecule has 2 aliphatic rings. The SMILES string of the molecule is COc1cnn(C(C)C)c1C(O)CC1CC2CCC1C2. The number of aliphatic hydroxyl groups excluding tert-OH is 1. The normalized spacial score (nSPS) is 30.1. The molecule has 2 bridgehead atoms. The lowest BCUT2D eigenvalue weighted by atomic mass is 9.84. The predicted molar refractivity (Wildman–Crippen MR) is 77.7 cm³/mol. The van der Waals surface area contributed by atoms with Crippen LogP contribution in [0.5, 0.6) is 5.75 Å². The lowest BCUT2D eigenvalue weighted by molar-refractivity contribution is 0.113. The summed E-state index contributed by atoms with van der Waals surface area (Å²) in [7, 11) is 1.65. The molecule has 112 valence electrons. The Morgan fingerprint density at radius 2 is 2.20 bits per heavy atom. The summed E-state index contributed by atoms with van der Waals surface area (Å²) >= 11 is 0. The highest BCUT2D eigenvalue weighted by molar-refractivity contribution is 5.27. The molecule has 1 aromatic rings. The maximum atomic E-state index is 10.7. The molecule has 2 saturated carbocycles. The fourth-order valence-electron chi connectivity index (χ4n) is 4.31. The second-order valence-electron chi connectivity index (χ2n) is 6.82. The molecule has 1 N–H and O–H groups in total. The Labute approximate surface area is 121 Å². The predicted octanol–water partition coefficient (Wildman–Crippen LogP) is 3.33. The second kappa shape index (κ2) is 5.40. The molecule has 4 nitrogen and oxygen atoms in total. The van der Waals surface area contributed by atoms with Gasteiger partial charge in [-0.2, -0.15) is 5.10 Å². The molecule has 20 heavy (non-hydrogen) atoms. The first-order valence-electron chi connectivity index (χ1n) is 7.89. The van der Waals surface area contributed by atoms with Gasteiger partial charge in [0, 0.05) is 6.04 Å². The van der Waals surface area contributed by atoms with Crippen molar-refractivity contribution in [3.8, 4) is 5.75 Å². The van der Waals surface area contributed by atoms with E-state index in [1.54, 1.807) is 13.3 Å². The van der Waals surface area contributed by atoms with Crippen LogP contribution in [-0.2, 0) is 0 Å². The minimum absolute atomic E-state index is 0.239. The van der Waals surface area contributed by atoms with E-state index in [2.05, 4.69) is 18.9 Å². The van der Waals surface area contributed by atoms with Gasteiger partial charge in [0.1, 0.15) is 5.69 Å². The molecule has 0 amide bonds. The number of ether oxygens (including phenoxy) is 1. The first kappa shape index (κ1) is 13.9. The van der Waals surface area contributed by atoms with E-state index in [1.807, 2.05) is 4.68 Å². The van der Waals surface area contributed by atoms with Gasteiger partial charge in [-0.3, -0.25) is 4.68 Å². The average molecular weight is 278 g/mol. The van der Waals surface area contributed by atoms with E-state index in [4.69, 9.17) is 4.74 Å². The smallest absolute Gasteiger partial charge is 0.162 e. The van der Waals surface area contributed by atoms with Gasteiger partial charge in [-0.25, -0.2) is 0 Å². The summed E-state index contributed by atoms with van der Waals surface area (Å²) in [5.41, 5.74) is 0.852. The van der Waals surface area contributed by atoms with E-state index in [1.165, 1.54) is 25.7 Å². The van der Waals surface area contributed by atoms with Crippen molar-refractivity contribution in [3.63, 3.8) is 0 Å². The molecular formula is C16H26N2O2. The molecule has 2 aliphatic carbocycles. The van der Waals surface area contributed by atoms with Gasteiger partial charge < -0.3 is 9.84 Å². The molecule has 4 heteroatoms. The Morgan fingerprint density at radius 3 is 2.75 bits per heavy atom. The molecule has 3 rings (SSSR count). The van der Waals surface area contributed by atoms with Crippen molar-refractivity contribution in [2.24, 2.45) is 17.8 Å². The molecule has 0 aliphatic heterocycles. The Hall–Kier alpha value is -1.03. The average Bonchev–Trinajstić information content (AvgIpc) is 3.12. The number of hydrogen-bond donors (Lipinski definition) is 1. The zero-order chi connectivity index (χ0) is 14.3. The molecule has 0 aromatic carbocycles. The van der Waals surface area contributed by atoms with Gasteiger partial charge in [-0.05, 0) is 57.3 Å². The minimum Gasteiger partial charge on any atom is -0.493 e. The van der Waals surface area contributed by atoms with Crippen molar-refractivity contribution in [3.05, 3.63) is 11.9 Å². The Balaban J connectivity index is 1.76. The van der Waals surface area contributed by atoms with E-state index in [-0.39, 0.29) is 6.04 Å². The molecule has 0 spiro atoms. The van der Waals surface area contributed by atoms with Crippen LogP contribution < -0.4 is 4.74 Å². The van der Waals surface area contributed by atoms with Crippen molar-refractivity contribution in [1.29, 1.82) is 0 Å². The third kappa shape index (κ3) is 2.34. The van der Waals surface area contributed by atoms with Crippen molar-refractivity contribution in [2.45, 2.75) is 58.1 Å². The molecule has 1 heterocycles. The number of fused-ring (bicyclic) bond motifs is 2. The third-order valence-corrected chi connectivity index (χ3v) is 5.23. The van der Waals surface area contributed by atoms with Crippen molar-refractivity contribution in [2.75, 3.05) is 7.11 Å².